The van der Waals surface area contributed by atoms with Gasteiger partial charge in [-0.05, 0) is 30.5 Å². The molecule has 1 amide bonds. The summed E-state index contributed by atoms with van der Waals surface area (Å²) >= 11 is 9.21. The van der Waals surface area contributed by atoms with E-state index in [9.17, 15) is 4.79 Å². The lowest BCUT2D eigenvalue weighted by Crippen LogP contribution is -2.28. The number of halogens is 1. The summed E-state index contributed by atoms with van der Waals surface area (Å²) < 4.78 is 0. The Morgan fingerprint density at radius 2 is 2.04 bits per heavy atom. The third-order valence-electron chi connectivity index (χ3n) is 3.01. The highest BCUT2D eigenvalue weighted by Gasteiger charge is 2.07. The highest BCUT2D eigenvalue weighted by atomic mass is 35.5. The number of carbonyl (C=O) groups excluding carboxylic acids is 1. The molecule has 2 aromatic rings. The summed E-state index contributed by atoms with van der Waals surface area (Å²) in [5.74, 6) is 1.44. The minimum atomic E-state index is -0.142. The van der Waals surface area contributed by atoms with Gasteiger partial charge in [0, 0.05) is 23.3 Å². The fourth-order valence-corrected chi connectivity index (χ4v) is 3.29. The average molecular weight is 380 g/mol. The smallest absolute Gasteiger partial charge is 0.257 e. The van der Waals surface area contributed by atoms with Crippen molar-refractivity contribution in [3.8, 4) is 0 Å². The minimum Gasteiger partial charge on any atom is -0.301 e. The molecular formula is C17H18ClN3OS2. The molecule has 0 radical (unpaired) electrons. The van der Waals surface area contributed by atoms with Gasteiger partial charge in [0.15, 0.2) is 5.17 Å². The second-order valence-corrected chi connectivity index (χ2v) is 7.00. The number of nitrogens with one attached hydrogen (secondary N) is 1. The Morgan fingerprint density at radius 1 is 1.25 bits per heavy atom. The van der Waals surface area contributed by atoms with E-state index in [0.717, 1.165) is 17.2 Å². The van der Waals surface area contributed by atoms with Crippen molar-refractivity contribution in [3.05, 3.63) is 64.9 Å². The first kappa shape index (κ1) is 18.8. The molecule has 1 heterocycles. The molecule has 0 fully saturated rings. The summed E-state index contributed by atoms with van der Waals surface area (Å²) in [6.07, 6.45) is 3.63. The predicted molar refractivity (Wildman–Crippen MR) is 105 cm³/mol. The molecular weight excluding hydrogens is 362 g/mol. The number of pyridine rings is 1. The molecule has 4 nitrogen and oxygen atoms in total. The van der Waals surface area contributed by atoms with Gasteiger partial charge in [-0.15, -0.1) is 0 Å². The second kappa shape index (κ2) is 10.4. The number of rotatable bonds is 6. The standard InChI is InChI=1S/C17H18ClN3OS2/c1-23-17(21-16(22)13-6-3-2-4-7-13)20-10-11-24-12-15-14(18)8-5-9-19-15/h2-9H,10-12H2,1H3,(H,20,21,22). The molecule has 0 saturated carbocycles. The molecule has 0 bridgehead atoms. The fourth-order valence-electron chi connectivity index (χ4n) is 1.82. The van der Waals surface area contributed by atoms with Crippen LogP contribution in [0.4, 0.5) is 0 Å². The number of hydrogen-bond donors (Lipinski definition) is 1. The Morgan fingerprint density at radius 3 is 2.75 bits per heavy atom. The number of carbonyl (C=O) groups is 1. The lowest BCUT2D eigenvalue weighted by Gasteiger charge is -2.06. The summed E-state index contributed by atoms with van der Waals surface area (Å²) in [6.45, 7) is 0.625. The molecule has 0 aliphatic heterocycles. The van der Waals surface area contributed by atoms with Gasteiger partial charge in [-0.1, -0.05) is 41.6 Å². The summed E-state index contributed by atoms with van der Waals surface area (Å²) in [5, 5.41) is 4.15. The van der Waals surface area contributed by atoms with E-state index >= 15 is 0 Å². The number of hydrogen-bond acceptors (Lipinski definition) is 5. The minimum absolute atomic E-state index is 0.142. The maximum absolute atomic E-state index is 12.1. The predicted octanol–water partition coefficient (Wildman–Crippen LogP) is 4.12. The zero-order valence-corrected chi connectivity index (χ0v) is 15.6. The van der Waals surface area contributed by atoms with Crippen molar-refractivity contribution in [1.29, 1.82) is 0 Å². The molecule has 126 valence electrons. The first-order valence-corrected chi connectivity index (χ1v) is 10.1. The van der Waals surface area contributed by atoms with Crippen LogP contribution < -0.4 is 5.32 Å². The van der Waals surface area contributed by atoms with Gasteiger partial charge in [-0.3, -0.25) is 14.8 Å². The van der Waals surface area contributed by atoms with Gasteiger partial charge >= 0.3 is 0 Å². The van der Waals surface area contributed by atoms with Crippen molar-refractivity contribution >= 4 is 46.2 Å². The highest BCUT2D eigenvalue weighted by Crippen LogP contribution is 2.18. The average Bonchev–Trinajstić information content (AvgIpc) is 2.62. The van der Waals surface area contributed by atoms with Crippen molar-refractivity contribution in [2.45, 2.75) is 5.75 Å². The fraction of sp³-hybridized carbons (Fsp3) is 0.235. The molecule has 7 heteroatoms. The lowest BCUT2D eigenvalue weighted by atomic mass is 10.2. The topological polar surface area (TPSA) is 54.4 Å². The molecule has 0 atom stereocenters. The molecule has 1 aromatic carbocycles. The van der Waals surface area contributed by atoms with Gasteiger partial charge in [0.1, 0.15) is 0 Å². The molecule has 0 aliphatic carbocycles. The number of amidine groups is 1. The largest absolute Gasteiger partial charge is 0.301 e. The number of nitrogens with zero attached hydrogens (tertiary/aromatic N) is 2. The van der Waals surface area contributed by atoms with Crippen LogP contribution in [0.25, 0.3) is 0 Å². The summed E-state index contributed by atoms with van der Waals surface area (Å²) in [5.41, 5.74) is 1.51. The SMILES string of the molecule is CSC(=NCCSCc1ncccc1Cl)NC(=O)c1ccccc1. The number of aliphatic imine (C=N–C) groups is 1. The van der Waals surface area contributed by atoms with E-state index in [2.05, 4.69) is 15.3 Å². The molecule has 24 heavy (non-hydrogen) atoms. The van der Waals surface area contributed by atoms with Crippen molar-refractivity contribution in [2.24, 2.45) is 4.99 Å². The van der Waals surface area contributed by atoms with E-state index in [4.69, 9.17) is 11.6 Å². The highest BCUT2D eigenvalue weighted by molar-refractivity contribution is 8.13. The second-order valence-electron chi connectivity index (χ2n) is 4.70. The van der Waals surface area contributed by atoms with E-state index in [1.54, 1.807) is 30.1 Å². The molecule has 0 aliphatic rings. The van der Waals surface area contributed by atoms with Crippen LogP contribution in [0.1, 0.15) is 16.1 Å². The molecule has 0 unspecified atom stereocenters. The molecule has 0 spiro atoms. The Kier molecular flexibility index (Phi) is 8.15. The van der Waals surface area contributed by atoms with Crippen LogP contribution in [-0.4, -0.2) is 34.6 Å². The van der Waals surface area contributed by atoms with E-state index in [1.165, 1.54) is 11.8 Å². The summed E-state index contributed by atoms with van der Waals surface area (Å²) in [4.78, 5) is 20.8. The van der Waals surface area contributed by atoms with Crippen LogP contribution in [0.15, 0.2) is 53.7 Å². The van der Waals surface area contributed by atoms with Gasteiger partial charge in [0.25, 0.3) is 5.91 Å². The van der Waals surface area contributed by atoms with E-state index < -0.39 is 0 Å². The molecule has 2 rings (SSSR count). The Bertz CT molecular complexity index is 695. The van der Waals surface area contributed by atoms with Gasteiger partial charge in [0.05, 0.1) is 17.3 Å². The molecule has 1 N–H and O–H groups in total. The van der Waals surface area contributed by atoms with Crippen molar-refractivity contribution < 1.29 is 4.79 Å². The number of aromatic nitrogens is 1. The molecule has 0 saturated heterocycles. The van der Waals surface area contributed by atoms with Crippen LogP contribution in [0.3, 0.4) is 0 Å². The first-order chi connectivity index (χ1) is 11.7. The van der Waals surface area contributed by atoms with E-state index in [0.29, 0.717) is 22.3 Å². The van der Waals surface area contributed by atoms with Crippen molar-refractivity contribution in [3.63, 3.8) is 0 Å². The summed E-state index contributed by atoms with van der Waals surface area (Å²) in [7, 11) is 0. The first-order valence-electron chi connectivity index (χ1n) is 7.32. The van der Waals surface area contributed by atoms with Crippen molar-refractivity contribution in [1.82, 2.24) is 10.3 Å². The maximum atomic E-state index is 12.1. The van der Waals surface area contributed by atoms with Gasteiger partial charge < -0.3 is 5.32 Å². The Balaban J connectivity index is 1.77. The number of thioether (sulfide) groups is 2. The molecule has 1 aromatic heterocycles. The van der Waals surface area contributed by atoms with Gasteiger partial charge in [0.2, 0.25) is 0 Å². The monoisotopic (exact) mass is 379 g/mol. The Hall–Kier alpha value is -1.50. The number of benzene rings is 1. The van der Waals surface area contributed by atoms with Gasteiger partial charge in [-0.2, -0.15) is 11.8 Å². The third-order valence-corrected chi connectivity index (χ3v) is 4.93. The number of amides is 1. The van der Waals surface area contributed by atoms with Crippen LogP contribution in [-0.2, 0) is 5.75 Å². The Labute approximate surface area is 155 Å². The summed E-state index contributed by atoms with van der Waals surface area (Å²) in [6, 6.07) is 12.8. The van der Waals surface area contributed by atoms with Gasteiger partial charge in [-0.25, -0.2) is 0 Å². The van der Waals surface area contributed by atoms with E-state index in [-0.39, 0.29) is 5.91 Å². The third kappa shape index (κ3) is 6.19. The lowest BCUT2D eigenvalue weighted by molar-refractivity contribution is 0.0978. The van der Waals surface area contributed by atoms with E-state index in [1.807, 2.05) is 36.6 Å². The van der Waals surface area contributed by atoms with Crippen LogP contribution >= 0.6 is 35.1 Å². The van der Waals surface area contributed by atoms with Crippen LogP contribution in [0.2, 0.25) is 5.02 Å². The normalized spacial score (nSPS) is 11.3. The van der Waals surface area contributed by atoms with Crippen LogP contribution in [0.5, 0.6) is 0 Å². The van der Waals surface area contributed by atoms with Crippen LogP contribution in [0, 0.1) is 0 Å². The maximum Gasteiger partial charge on any atom is 0.257 e. The van der Waals surface area contributed by atoms with Crippen molar-refractivity contribution in [2.75, 3.05) is 18.6 Å². The quantitative estimate of drug-likeness (QED) is 0.466. The zero-order chi connectivity index (χ0) is 17.2. The zero-order valence-electron chi connectivity index (χ0n) is 13.2.